The van der Waals surface area contributed by atoms with Crippen LogP contribution in [-0.2, 0) is 4.79 Å². The zero-order chi connectivity index (χ0) is 24.7. The average molecular weight is 503 g/mol. The molecule has 2 N–H and O–H groups in total. The zero-order valence-corrected chi connectivity index (χ0v) is 20.1. The molecule has 0 aliphatic carbocycles. The highest BCUT2D eigenvalue weighted by atomic mass is 35.5. The van der Waals surface area contributed by atoms with Crippen molar-refractivity contribution in [2.24, 2.45) is 0 Å². The van der Waals surface area contributed by atoms with Gasteiger partial charge in [-0.05, 0) is 42.5 Å². The van der Waals surface area contributed by atoms with Crippen molar-refractivity contribution in [3.63, 3.8) is 0 Å². The molecule has 1 atom stereocenters. The van der Waals surface area contributed by atoms with Gasteiger partial charge in [0.2, 0.25) is 0 Å². The van der Waals surface area contributed by atoms with Crippen LogP contribution in [0.4, 0.5) is 11.4 Å². The number of carboxylic acid groups (broad SMARTS) is 1. The molecular weight excluding hydrogens is 479 g/mol. The number of aliphatic carboxylic acids is 1. The fourth-order valence-electron chi connectivity index (χ4n) is 3.29. The van der Waals surface area contributed by atoms with E-state index in [-0.39, 0.29) is 12.0 Å². The number of amides is 1. The minimum Gasteiger partial charge on any atom is -0.490 e. The van der Waals surface area contributed by atoms with Crippen molar-refractivity contribution < 1.29 is 24.2 Å². The Morgan fingerprint density at radius 2 is 1.76 bits per heavy atom. The van der Waals surface area contributed by atoms with Crippen molar-refractivity contribution in [2.45, 2.75) is 13.0 Å². The van der Waals surface area contributed by atoms with Crippen LogP contribution in [0, 0.1) is 0 Å². The number of ether oxygens (including phenoxy) is 2. The number of carboxylic acids is 1. The first-order valence-corrected chi connectivity index (χ1v) is 11.1. The van der Waals surface area contributed by atoms with Crippen LogP contribution < -0.4 is 19.7 Å². The molecule has 1 heterocycles. The summed E-state index contributed by atoms with van der Waals surface area (Å²) >= 11 is 12.4. The van der Waals surface area contributed by atoms with Gasteiger partial charge in [-0.25, -0.2) is 0 Å². The Morgan fingerprint density at radius 1 is 1.09 bits per heavy atom. The molecule has 0 aromatic heterocycles. The second-order valence-corrected chi connectivity index (χ2v) is 8.31. The van der Waals surface area contributed by atoms with Crippen LogP contribution in [-0.4, -0.2) is 43.3 Å². The third kappa shape index (κ3) is 6.79. The Labute approximate surface area is 207 Å². The summed E-state index contributed by atoms with van der Waals surface area (Å²) in [5.41, 5.74) is 1.93. The van der Waals surface area contributed by atoms with Gasteiger partial charge in [-0.15, -0.1) is 0 Å². The number of nitrogens with zero attached hydrogens (tertiary/aromatic N) is 1. The third-order valence-electron chi connectivity index (χ3n) is 4.79. The Kier molecular flexibility index (Phi) is 8.62. The molecule has 9 heteroatoms. The van der Waals surface area contributed by atoms with E-state index in [0.717, 1.165) is 18.4 Å². The van der Waals surface area contributed by atoms with Crippen molar-refractivity contribution in [3.8, 4) is 11.5 Å². The topological polar surface area (TPSA) is 88.1 Å². The van der Waals surface area contributed by atoms with E-state index in [1.54, 1.807) is 42.5 Å². The first-order valence-electron chi connectivity index (χ1n) is 10.4. The van der Waals surface area contributed by atoms with Crippen LogP contribution in [0.15, 0.2) is 66.7 Å². The molecule has 0 saturated carbocycles. The standard InChI is InChI=1S/C23H20Cl2N2O3.C2H4O2/c1-27-13-16(30-22-9-5-4-8-21(22)27)14-29-15-10-11-17(19(25)12-15)23(28)26-20-7-3-2-6-18(20)24;1-2(3)4/h2-12,16H,13-14H2,1H3,(H,26,28);1H3,(H,3,4)/t16-;/m0./s1. The molecule has 3 aromatic rings. The number of nitrogens with one attached hydrogen (secondary N) is 1. The Balaban J connectivity index is 0.000000751. The lowest BCUT2D eigenvalue weighted by Crippen LogP contribution is -2.41. The summed E-state index contributed by atoms with van der Waals surface area (Å²) in [5, 5.41) is 10.9. The van der Waals surface area contributed by atoms with Gasteiger partial charge in [-0.2, -0.15) is 0 Å². The normalized spacial score (nSPS) is 14.1. The molecule has 178 valence electrons. The predicted molar refractivity (Wildman–Crippen MR) is 134 cm³/mol. The number of carbonyl (C=O) groups is 2. The van der Waals surface area contributed by atoms with E-state index in [1.165, 1.54) is 0 Å². The summed E-state index contributed by atoms with van der Waals surface area (Å²) in [7, 11) is 2.03. The van der Waals surface area contributed by atoms with Gasteiger partial charge in [-0.1, -0.05) is 47.5 Å². The monoisotopic (exact) mass is 502 g/mol. The molecule has 1 amide bonds. The lowest BCUT2D eigenvalue weighted by Gasteiger charge is -2.33. The van der Waals surface area contributed by atoms with Crippen molar-refractivity contribution in [2.75, 3.05) is 30.4 Å². The molecule has 0 saturated heterocycles. The number of para-hydroxylation sites is 3. The maximum Gasteiger partial charge on any atom is 0.300 e. The molecule has 7 nitrogen and oxygen atoms in total. The van der Waals surface area contributed by atoms with Crippen LogP contribution >= 0.6 is 23.2 Å². The van der Waals surface area contributed by atoms with E-state index in [0.29, 0.717) is 40.2 Å². The number of hydrogen-bond donors (Lipinski definition) is 2. The van der Waals surface area contributed by atoms with Crippen LogP contribution in [0.1, 0.15) is 17.3 Å². The fraction of sp³-hybridized carbons (Fsp3) is 0.200. The van der Waals surface area contributed by atoms with Gasteiger partial charge in [0.15, 0.2) is 0 Å². The molecular formula is C25H24Cl2N2O5. The first kappa shape index (κ1) is 25.2. The summed E-state index contributed by atoms with van der Waals surface area (Å²) in [6.45, 7) is 2.16. The minimum absolute atomic E-state index is 0.119. The maximum absolute atomic E-state index is 12.5. The highest BCUT2D eigenvalue weighted by Gasteiger charge is 2.23. The first-order chi connectivity index (χ1) is 16.2. The smallest absolute Gasteiger partial charge is 0.300 e. The number of halogens is 2. The van der Waals surface area contributed by atoms with Crippen LogP contribution in [0.3, 0.4) is 0 Å². The highest BCUT2D eigenvalue weighted by Crippen LogP contribution is 2.32. The third-order valence-corrected chi connectivity index (χ3v) is 5.43. The summed E-state index contributed by atoms with van der Waals surface area (Å²) in [6, 6.07) is 19.9. The lowest BCUT2D eigenvalue weighted by atomic mass is 10.2. The van der Waals surface area contributed by atoms with Gasteiger partial charge in [0.1, 0.15) is 24.2 Å². The van der Waals surface area contributed by atoms with E-state index < -0.39 is 5.97 Å². The van der Waals surface area contributed by atoms with E-state index >= 15 is 0 Å². The van der Waals surface area contributed by atoms with Gasteiger partial charge in [0.25, 0.3) is 11.9 Å². The number of anilines is 2. The van der Waals surface area contributed by atoms with Crippen molar-refractivity contribution in [3.05, 3.63) is 82.3 Å². The Morgan fingerprint density at radius 3 is 2.47 bits per heavy atom. The summed E-state index contributed by atoms with van der Waals surface area (Å²) in [6.07, 6.45) is -0.119. The Bertz CT molecular complexity index is 1170. The summed E-state index contributed by atoms with van der Waals surface area (Å²) in [4.78, 5) is 23.7. The molecule has 0 fully saturated rings. The highest BCUT2D eigenvalue weighted by molar-refractivity contribution is 6.36. The maximum atomic E-state index is 12.5. The van der Waals surface area contributed by atoms with Gasteiger partial charge >= 0.3 is 0 Å². The van der Waals surface area contributed by atoms with Gasteiger partial charge < -0.3 is 24.8 Å². The van der Waals surface area contributed by atoms with Gasteiger partial charge in [0.05, 0.1) is 33.5 Å². The molecule has 0 unspecified atom stereocenters. The number of likely N-dealkylation sites (N-methyl/N-ethyl adjacent to an activating group) is 1. The number of rotatable bonds is 5. The fourth-order valence-corrected chi connectivity index (χ4v) is 3.73. The second-order valence-electron chi connectivity index (χ2n) is 7.49. The molecule has 0 radical (unpaired) electrons. The molecule has 3 aromatic carbocycles. The van der Waals surface area contributed by atoms with E-state index in [1.807, 2.05) is 31.3 Å². The van der Waals surface area contributed by atoms with Crippen molar-refractivity contribution >= 4 is 46.5 Å². The van der Waals surface area contributed by atoms with Crippen LogP contribution in [0.2, 0.25) is 10.0 Å². The molecule has 1 aliphatic heterocycles. The SMILES string of the molecule is CC(=O)O.CN1C[C@@H](COc2ccc(C(=O)Nc3ccccc3Cl)c(Cl)c2)Oc2ccccc21. The van der Waals surface area contributed by atoms with Gasteiger partial charge in [0, 0.05) is 14.0 Å². The van der Waals surface area contributed by atoms with E-state index in [4.69, 9.17) is 42.6 Å². The van der Waals surface area contributed by atoms with Crippen LogP contribution in [0.25, 0.3) is 0 Å². The molecule has 0 bridgehead atoms. The lowest BCUT2D eigenvalue weighted by molar-refractivity contribution is -0.134. The number of hydrogen-bond acceptors (Lipinski definition) is 5. The summed E-state index contributed by atoms with van der Waals surface area (Å²) in [5.74, 6) is 0.234. The summed E-state index contributed by atoms with van der Waals surface area (Å²) < 4.78 is 11.9. The largest absolute Gasteiger partial charge is 0.490 e. The predicted octanol–water partition coefficient (Wildman–Crippen LogP) is 5.61. The quantitative estimate of drug-likeness (QED) is 0.471. The van der Waals surface area contributed by atoms with E-state index in [9.17, 15) is 4.79 Å². The van der Waals surface area contributed by atoms with Crippen molar-refractivity contribution in [1.29, 1.82) is 0 Å². The van der Waals surface area contributed by atoms with Crippen LogP contribution in [0.5, 0.6) is 11.5 Å². The Hall–Kier alpha value is -3.42. The number of benzene rings is 3. The van der Waals surface area contributed by atoms with Gasteiger partial charge in [-0.3, -0.25) is 9.59 Å². The van der Waals surface area contributed by atoms with Crippen molar-refractivity contribution in [1.82, 2.24) is 0 Å². The molecule has 34 heavy (non-hydrogen) atoms. The second kappa shape index (κ2) is 11.6. The molecule has 1 aliphatic rings. The number of carbonyl (C=O) groups excluding carboxylic acids is 1. The molecule has 4 rings (SSSR count). The minimum atomic E-state index is -0.833. The zero-order valence-electron chi connectivity index (χ0n) is 18.6. The molecule has 0 spiro atoms. The number of fused-ring (bicyclic) bond motifs is 1. The average Bonchev–Trinajstić information content (AvgIpc) is 2.79. The van der Waals surface area contributed by atoms with E-state index in [2.05, 4.69) is 10.2 Å².